The molecule has 0 aliphatic rings. The predicted molar refractivity (Wildman–Crippen MR) is 92.3 cm³/mol. The third-order valence-corrected chi connectivity index (χ3v) is 7.13. The van der Waals surface area contributed by atoms with Gasteiger partial charge in [-0.25, -0.2) is 30.3 Å². The van der Waals surface area contributed by atoms with Crippen molar-refractivity contribution in [3.63, 3.8) is 0 Å². The van der Waals surface area contributed by atoms with Gasteiger partial charge < -0.3 is 0 Å². The lowest BCUT2D eigenvalue weighted by molar-refractivity contribution is 0.548. The second-order valence-corrected chi connectivity index (χ2v) is 9.32. The van der Waals surface area contributed by atoms with E-state index in [1.54, 1.807) is 6.92 Å². The normalized spacial score (nSPS) is 12.2. The van der Waals surface area contributed by atoms with Gasteiger partial charge in [0.1, 0.15) is 16.5 Å². The second-order valence-electron chi connectivity index (χ2n) is 4.99. The maximum atomic E-state index is 13.9. The maximum Gasteiger partial charge on any atom is 0.265 e. The van der Waals surface area contributed by atoms with E-state index in [1.807, 2.05) is 0 Å². The van der Waals surface area contributed by atoms with Gasteiger partial charge in [-0.1, -0.05) is 6.07 Å². The van der Waals surface area contributed by atoms with Gasteiger partial charge in [-0.3, -0.25) is 4.72 Å². The summed E-state index contributed by atoms with van der Waals surface area (Å²) in [5, 5.41) is 0. The molecule has 0 aliphatic heterocycles. The molecule has 0 radical (unpaired) electrons. The van der Waals surface area contributed by atoms with Crippen LogP contribution in [-0.4, -0.2) is 23.9 Å². The topological polar surface area (TPSA) is 92.3 Å². The third kappa shape index (κ3) is 4.17. The Morgan fingerprint density at radius 1 is 1.00 bits per heavy atom. The van der Waals surface area contributed by atoms with Crippen LogP contribution in [0, 0.1) is 18.6 Å². The summed E-state index contributed by atoms with van der Waals surface area (Å²) in [5.74, 6) is -2.23. The number of hydrogen-bond donors (Lipinski definition) is 2. The average molecular weight is 455 g/mol. The minimum Gasteiger partial charge on any atom is -0.279 e. The molecule has 0 saturated carbocycles. The highest BCUT2D eigenvalue weighted by Gasteiger charge is 2.25. The van der Waals surface area contributed by atoms with Crippen LogP contribution in [0.2, 0.25) is 0 Å². The molecule has 0 amide bonds. The first kappa shape index (κ1) is 19.8. The molecule has 6 nitrogen and oxygen atoms in total. The van der Waals surface area contributed by atoms with Crippen LogP contribution in [0.3, 0.4) is 0 Å². The van der Waals surface area contributed by atoms with Gasteiger partial charge in [0.2, 0.25) is 10.0 Å². The Morgan fingerprint density at radius 3 is 2.20 bits per heavy atom. The van der Waals surface area contributed by atoms with E-state index in [0.29, 0.717) is 11.6 Å². The molecular weight excluding hydrogens is 442 g/mol. The van der Waals surface area contributed by atoms with Gasteiger partial charge in [-0.05, 0) is 53.7 Å². The van der Waals surface area contributed by atoms with Gasteiger partial charge in [0.25, 0.3) is 10.0 Å². The molecule has 0 fully saturated rings. The van der Waals surface area contributed by atoms with Crippen LogP contribution in [0.4, 0.5) is 14.5 Å². The molecule has 0 aliphatic carbocycles. The van der Waals surface area contributed by atoms with Crippen LogP contribution in [-0.2, 0) is 20.0 Å². The maximum absolute atomic E-state index is 13.9. The van der Waals surface area contributed by atoms with Crippen LogP contribution in [0.15, 0.2) is 44.6 Å². The number of rotatable bonds is 5. The summed E-state index contributed by atoms with van der Waals surface area (Å²) in [5.41, 5.74) is 0.307. The molecule has 0 aromatic heterocycles. The van der Waals surface area contributed by atoms with E-state index in [2.05, 4.69) is 25.4 Å². The Bertz CT molecular complexity index is 1020. The van der Waals surface area contributed by atoms with Gasteiger partial charge >= 0.3 is 0 Å². The molecule has 2 rings (SSSR count). The monoisotopic (exact) mass is 454 g/mol. The largest absolute Gasteiger partial charge is 0.279 e. The third-order valence-electron chi connectivity index (χ3n) is 3.23. The molecule has 0 atom stereocenters. The van der Waals surface area contributed by atoms with Crippen molar-refractivity contribution in [2.24, 2.45) is 0 Å². The lowest BCUT2D eigenvalue weighted by atomic mass is 10.2. The van der Waals surface area contributed by atoms with Crippen LogP contribution >= 0.6 is 15.9 Å². The van der Waals surface area contributed by atoms with Gasteiger partial charge in [0, 0.05) is 10.5 Å². The van der Waals surface area contributed by atoms with Gasteiger partial charge in [0.05, 0.1) is 10.6 Å². The zero-order valence-corrected chi connectivity index (χ0v) is 16.2. The highest BCUT2D eigenvalue weighted by molar-refractivity contribution is 9.10. The first-order valence-corrected chi connectivity index (χ1v) is 10.5. The minimum absolute atomic E-state index is 0.0879. The van der Waals surface area contributed by atoms with Crippen molar-refractivity contribution in [1.29, 1.82) is 0 Å². The first-order chi connectivity index (χ1) is 11.5. The molecule has 0 unspecified atom stereocenters. The Kier molecular flexibility index (Phi) is 5.52. The number of nitrogens with one attached hydrogen (secondary N) is 2. The summed E-state index contributed by atoms with van der Waals surface area (Å²) in [6.07, 6.45) is 0. The Balaban J connectivity index is 2.52. The van der Waals surface area contributed by atoms with Crippen molar-refractivity contribution in [2.45, 2.75) is 16.7 Å². The van der Waals surface area contributed by atoms with Crippen LogP contribution in [0.1, 0.15) is 5.56 Å². The standard InChI is InChI=1S/C14H13BrF2N2O4S2/c1-8-3-4-10(7-13(8)24(20,21)18-2)19-25(22,23)14-11(15)5-9(16)6-12(14)17/h3-7,18-19H,1-2H3. The van der Waals surface area contributed by atoms with E-state index >= 15 is 0 Å². The summed E-state index contributed by atoms with van der Waals surface area (Å²) >= 11 is 2.81. The fraction of sp³-hybridized carbons (Fsp3) is 0.143. The van der Waals surface area contributed by atoms with E-state index in [9.17, 15) is 25.6 Å². The highest BCUT2D eigenvalue weighted by atomic mass is 79.9. The molecule has 0 spiro atoms. The van der Waals surface area contributed by atoms with Gasteiger partial charge in [-0.2, -0.15) is 0 Å². The average Bonchev–Trinajstić information content (AvgIpc) is 2.47. The summed E-state index contributed by atoms with van der Waals surface area (Å²) in [6.45, 7) is 1.54. The van der Waals surface area contributed by atoms with Crippen molar-refractivity contribution in [3.05, 3.63) is 52.0 Å². The molecule has 0 saturated heterocycles. The van der Waals surface area contributed by atoms with Gasteiger partial charge in [-0.15, -0.1) is 0 Å². The van der Waals surface area contributed by atoms with Crippen LogP contribution in [0.25, 0.3) is 0 Å². The van der Waals surface area contributed by atoms with Crippen molar-refractivity contribution in [2.75, 3.05) is 11.8 Å². The number of benzene rings is 2. The summed E-state index contributed by atoms with van der Waals surface area (Å²) < 4.78 is 79.7. The molecule has 11 heteroatoms. The van der Waals surface area contributed by atoms with E-state index in [0.717, 1.165) is 12.1 Å². The zero-order valence-electron chi connectivity index (χ0n) is 13.0. The lowest BCUT2D eigenvalue weighted by Gasteiger charge is -2.13. The highest BCUT2D eigenvalue weighted by Crippen LogP contribution is 2.29. The minimum atomic E-state index is -4.43. The summed E-state index contributed by atoms with van der Waals surface area (Å²) in [6, 6.07) is 5.08. The molecule has 2 aromatic rings. The summed E-state index contributed by atoms with van der Waals surface area (Å²) in [7, 11) is -7.02. The molecule has 2 aromatic carbocycles. The quantitative estimate of drug-likeness (QED) is 0.726. The second kappa shape index (κ2) is 6.98. The van der Waals surface area contributed by atoms with Crippen molar-refractivity contribution < 1.29 is 25.6 Å². The molecule has 136 valence electrons. The van der Waals surface area contributed by atoms with E-state index in [1.165, 1.54) is 19.2 Å². The van der Waals surface area contributed by atoms with E-state index < -0.39 is 36.6 Å². The fourth-order valence-electron chi connectivity index (χ4n) is 2.05. The number of halogens is 3. The molecule has 0 heterocycles. The Morgan fingerprint density at radius 2 is 1.64 bits per heavy atom. The number of hydrogen-bond acceptors (Lipinski definition) is 4. The van der Waals surface area contributed by atoms with E-state index in [4.69, 9.17) is 0 Å². The van der Waals surface area contributed by atoms with Crippen molar-refractivity contribution in [3.8, 4) is 0 Å². The molecule has 25 heavy (non-hydrogen) atoms. The molecule has 2 N–H and O–H groups in total. The Labute approximate surface area is 152 Å². The van der Waals surface area contributed by atoms with Crippen molar-refractivity contribution in [1.82, 2.24) is 4.72 Å². The number of sulfonamides is 2. The van der Waals surface area contributed by atoms with E-state index in [-0.39, 0.29) is 15.1 Å². The van der Waals surface area contributed by atoms with Crippen LogP contribution < -0.4 is 9.44 Å². The predicted octanol–water partition coefficient (Wildman–Crippen LogP) is 2.74. The molecular formula is C14H13BrF2N2O4S2. The lowest BCUT2D eigenvalue weighted by Crippen LogP contribution is -2.20. The number of anilines is 1. The Hall–Kier alpha value is -1.56. The van der Waals surface area contributed by atoms with Crippen LogP contribution in [0.5, 0.6) is 0 Å². The SMILES string of the molecule is CNS(=O)(=O)c1cc(NS(=O)(=O)c2c(F)cc(F)cc2Br)ccc1C. The number of aryl methyl sites for hydroxylation is 1. The fourth-order valence-corrected chi connectivity index (χ4v) is 5.27. The zero-order chi connectivity index (χ0) is 19.0. The molecule has 0 bridgehead atoms. The van der Waals surface area contributed by atoms with Crippen molar-refractivity contribution >= 4 is 41.7 Å². The summed E-state index contributed by atoms with van der Waals surface area (Å²) in [4.78, 5) is -0.915. The first-order valence-electron chi connectivity index (χ1n) is 6.69. The van der Waals surface area contributed by atoms with Gasteiger partial charge in [0.15, 0.2) is 0 Å². The smallest absolute Gasteiger partial charge is 0.265 e.